The van der Waals surface area contributed by atoms with E-state index in [-0.39, 0.29) is 5.96 Å². The topological polar surface area (TPSA) is 70.0 Å². The second-order valence-corrected chi connectivity index (χ2v) is 5.34. The molecule has 0 saturated heterocycles. The molecule has 0 unspecified atom stereocenters. The third-order valence-corrected chi connectivity index (χ3v) is 3.50. The molecule has 0 spiro atoms. The van der Waals surface area contributed by atoms with E-state index in [2.05, 4.69) is 31.5 Å². The summed E-state index contributed by atoms with van der Waals surface area (Å²) >= 11 is 9.42. The van der Waals surface area contributed by atoms with E-state index in [1.807, 2.05) is 24.3 Å². The lowest BCUT2D eigenvalue weighted by molar-refractivity contribution is 0.409. The highest BCUT2D eigenvalue weighted by molar-refractivity contribution is 9.10. The number of benzene rings is 1. The van der Waals surface area contributed by atoms with Crippen molar-refractivity contribution in [2.24, 2.45) is 0 Å². The van der Waals surface area contributed by atoms with E-state index in [0.29, 0.717) is 27.7 Å². The van der Waals surface area contributed by atoms with E-state index in [1.165, 1.54) is 0 Å². The molecule has 0 aliphatic carbocycles. The minimum absolute atomic E-state index is 0.127. The van der Waals surface area contributed by atoms with Gasteiger partial charge in [0, 0.05) is 17.1 Å². The van der Waals surface area contributed by atoms with Gasteiger partial charge in [0.1, 0.15) is 16.2 Å². The van der Waals surface area contributed by atoms with Gasteiger partial charge in [-0.25, -0.2) is 4.98 Å². The summed E-state index contributed by atoms with van der Waals surface area (Å²) in [4.78, 5) is 4.19. The SMILES string of the molecule is COc1cccc(Cl)c1CNC(=N)Nc1cccc(Br)n1. The molecule has 2 rings (SSSR count). The van der Waals surface area contributed by atoms with Crippen LogP contribution < -0.4 is 15.4 Å². The van der Waals surface area contributed by atoms with Crippen LogP contribution in [0.5, 0.6) is 5.75 Å². The normalized spacial score (nSPS) is 10.0. The first-order valence-corrected chi connectivity index (χ1v) is 7.30. The number of methoxy groups -OCH3 is 1. The van der Waals surface area contributed by atoms with Crippen molar-refractivity contribution in [3.63, 3.8) is 0 Å². The molecule has 7 heteroatoms. The maximum absolute atomic E-state index is 7.88. The molecule has 21 heavy (non-hydrogen) atoms. The molecule has 0 amide bonds. The Labute approximate surface area is 136 Å². The molecule has 0 atom stereocenters. The van der Waals surface area contributed by atoms with Crippen molar-refractivity contribution in [3.8, 4) is 5.75 Å². The Balaban J connectivity index is 1.99. The van der Waals surface area contributed by atoms with Crippen LogP contribution >= 0.6 is 27.5 Å². The highest BCUT2D eigenvalue weighted by Crippen LogP contribution is 2.25. The van der Waals surface area contributed by atoms with E-state index < -0.39 is 0 Å². The molecule has 1 heterocycles. The molecule has 0 bridgehead atoms. The molecule has 1 aromatic heterocycles. The summed E-state index contributed by atoms with van der Waals surface area (Å²) in [6.45, 7) is 0.378. The van der Waals surface area contributed by atoms with Gasteiger partial charge in [0.25, 0.3) is 0 Å². The standard InChI is InChI=1S/C14H14BrClN4O/c1-21-11-5-2-4-10(16)9(11)8-18-14(17)20-13-7-3-6-12(15)19-13/h2-7H,8H2,1H3,(H3,17,18,19,20). The van der Waals surface area contributed by atoms with Gasteiger partial charge in [-0.3, -0.25) is 5.41 Å². The summed E-state index contributed by atoms with van der Waals surface area (Å²) in [5.41, 5.74) is 0.801. The second-order valence-electron chi connectivity index (χ2n) is 4.12. The van der Waals surface area contributed by atoms with Gasteiger partial charge in [-0.1, -0.05) is 23.7 Å². The Morgan fingerprint density at radius 3 is 2.81 bits per heavy atom. The van der Waals surface area contributed by atoms with Crippen molar-refractivity contribution < 1.29 is 4.74 Å². The number of anilines is 1. The highest BCUT2D eigenvalue weighted by Gasteiger charge is 2.08. The second kappa shape index (κ2) is 7.28. The Bertz CT molecular complexity index is 651. The summed E-state index contributed by atoms with van der Waals surface area (Å²) in [7, 11) is 1.59. The quantitative estimate of drug-likeness (QED) is 0.437. The predicted octanol–water partition coefficient (Wildman–Crippen LogP) is 3.64. The summed E-state index contributed by atoms with van der Waals surface area (Å²) in [6.07, 6.45) is 0. The van der Waals surface area contributed by atoms with Gasteiger partial charge in [0.05, 0.1) is 7.11 Å². The van der Waals surface area contributed by atoms with E-state index in [4.69, 9.17) is 21.7 Å². The first-order valence-electron chi connectivity index (χ1n) is 6.13. The van der Waals surface area contributed by atoms with Crippen molar-refractivity contribution in [3.05, 3.63) is 51.6 Å². The van der Waals surface area contributed by atoms with Crippen molar-refractivity contribution >= 4 is 39.3 Å². The van der Waals surface area contributed by atoms with Gasteiger partial charge in [-0.15, -0.1) is 0 Å². The van der Waals surface area contributed by atoms with Crippen molar-refractivity contribution in [2.75, 3.05) is 12.4 Å². The van der Waals surface area contributed by atoms with Crippen molar-refractivity contribution in [1.29, 1.82) is 5.41 Å². The van der Waals surface area contributed by atoms with Gasteiger partial charge in [0.2, 0.25) is 0 Å². The van der Waals surface area contributed by atoms with Crippen molar-refractivity contribution in [2.45, 2.75) is 6.54 Å². The molecule has 0 fully saturated rings. The first kappa shape index (κ1) is 15.6. The van der Waals surface area contributed by atoms with Crippen LogP contribution in [-0.2, 0) is 6.54 Å². The lowest BCUT2D eigenvalue weighted by atomic mass is 10.2. The number of rotatable bonds is 4. The largest absolute Gasteiger partial charge is 0.496 e. The van der Waals surface area contributed by atoms with Crippen LogP contribution in [0.3, 0.4) is 0 Å². The van der Waals surface area contributed by atoms with E-state index >= 15 is 0 Å². The molecular weight excluding hydrogens is 356 g/mol. The fourth-order valence-electron chi connectivity index (χ4n) is 1.73. The number of guanidine groups is 1. The van der Waals surface area contributed by atoms with Crippen LogP contribution in [-0.4, -0.2) is 18.1 Å². The Kier molecular flexibility index (Phi) is 5.41. The van der Waals surface area contributed by atoms with Crippen molar-refractivity contribution in [1.82, 2.24) is 10.3 Å². The molecule has 0 radical (unpaired) electrons. The molecule has 2 aromatic rings. The summed E-state index contributed by atoms with van der Waals surface area (Å²) in [5, 5.41) is 14.3. The molecular formula is C14H14BrClN4O. The number of nitrogens with one attached hydrogen (secondary N) is 3. The maximum atomic E-state index is 7.88. The van der Waals surface area contributed by atoms with E-state index in [9.17, 15) is 0 Å². The number of hydrogen-bond acceptors (Lipinski definition) is 3. The zero-order valence-electron chi connectivity index (χ0n) is 11.3. The molecule has 0 aliphatic rings. The lowest BCUT2D eigenvalue weighted by Crippen LogP contribution is -2.29. The lowest BCUT2D eigenvalue weighted by Gasteiger charge is -2.13. The molecule has 5 nitrogen and oxygen atoms in total. The van der Waals surface area contributed by atoms with Gasteiger partial charge in [-0.2, -0.15) is 0 Å². The Hall–Kier alpha value is -1.79. The van der Waals surface area contributed by atoms with Crippen LogP contribution in [0.15, 0.2) is 41.0 Å². The minimum Gasteiger partial charge on any atom is -0.496 e. The number of hydrogen-bond donors (Lipinski definition) is 3. The van der Waals surface area contributed by atoms with Crippen LogP contribution in [0.4, 0.5) is 5.82 Å². The number of aromatic nitrogens is 1. The van der Waals surface area contributed by atoms with Crippen LogP contribution in [0.2, 0.25) is 5.02 Å². The smallest absolute Gasteiger partial charge is 0.194 e. The first-order chi connectivity index (χ1) is 10.1. The number of halogens is 2. The number of pyridine rings is 1. The summed E-state index contributed by atoms with van der Waals surface area (Å²) in [6, 6.07) is 10.9. The summed E-state index contributed by atoms with van der Waals surface area (Å²) < 4.78 is 5.96. The van der Waals surface area contributed by atoms with E-state index in [0.717, 1.165) is 5.56 Å². The molecule has 1 aromatic carbocycles. The molecule has 0 saturated carbocycles. The van der Waals surface area contributed by atoms with Gasteiger partial charge >= 0.3 is 0 Å². The third-order valence-electron chi connectivity index (χ3n) is 2.71. The van der Waals surface area contributed by atoms with E-state index in [1.54, 1.807) is 19.2 Å². The fraction of sp³-hybridized carbons (Fsp3) is 0.143. The average Bonchev–Trinajstić information content (AvgIpc) is 2.45. The minimum atomic E-state index is 0.127. The maximum Gasteiger partial charge on any atom is 0.194 e. The molecule has 110 valence electrons. The monoisotopic (exact) mass is 368 g/mol. The number of nitrogens with zero attached hydrogens (tertiary/aromatic N) is 1. The fourth-order valence-corrected chi connectivity index (χ4v) is 2.30. The van der Waals surface area contributed by atoms with Gasteiger partial charge < -0.3 is 15.4 Å². The average molecular weight is 370 g/mol. The van der Waals surface area contributed by atoms with Crippen LogP contribution in [0.25, 0.3) is 0 Å². The zero-order valence-corrected chi connectivity index (χ0v) is 13.6. The molecule has 3 N–H and O–H groups in total. The zero-order chi connectivity index (χ0) is 15.2. The van der Waals surface area contributed by atoms with Gasteiger partial charge in [-0.05, 0) is 40.2 Å². The van der Waals surface area contributed by atoms with Crippen LogP contribution in [0, 0.1) is 5.41 Å². The Morgan fingerprint density at radius 2 is 2.10 bits per heavy atom. The van der Waals surface area contributed by atoms with Gasteiger partial charge in [0.15, 0.2) is 5.96 Å². The van der Waals surface area contributed by atoms with Crippen LogP contribution in [0.1, 0.15) is 5.56 Å². The highest BCUT2D eigenvalue weighted by atomic mass is 79.9. The molecule has 0 aliphatic heterocycles. The predicted molar refractivity (Wildman–Crippen MR) is 88.1 cm³/mol. The number of ether oxygens (including phenoxy) is 1. The summed E-state index contributed by atoms with van der Waals surface area (Å²) in [5.74, 6) is 1.39. The third kappa shape index (κ3) is 4.34. The Morgan fingerprint density at radius 1 is 1.33 bits per heavy atom.